The van der Waals surface area contributed by atoms with Crippen LogP contribution in [0.4, 0.5) is 0 Å². The molecule has 0 radical (unpaired) electrons. The predicted molar refractivity (Wildman–Crippen MR) is 113 cm³/mol. The zero-order valence-corrected chi connectivity index (χ0v) is 17.0. The van der Waals surface area contributed by atoms with Crippen LogP contribution in [0.15, 0.2) is 72.1 Å². The van der Waals surface area contributed by atoms with E-state index in [-0.39, 0.29) is 24.3 Å². The molecular weight excluding hydrogens is 392 g/mol. The summed E-state index contributed by atoms with van der Waals surface area (Å²) in [6.07, 6.45) is 0.135. The van der Waals surface area contributed by atoms with Crippen molar-refractivity contribution in [3.63, 3.8) is 0 Å². The smallest absolute Gasteiger partial charge is 0.223 e. The first-order valence-electron chi connectivity index (χ1n) is 8.93. The normalized spacial score (nSPS) is 12.8. The first-order valence-corrected chi connectivity index (χ1v) is 10.2. The zero-order valence-electron chi connectivity index (χ0n) is 15.4. The minimum atomic E-state index is -0.422. The SMILES string of the molecule is CC(=O)N[C@H](CC(=O)N[C@H](c1ccccc1)c1cccs1)c1ccc(Cl)cc1. The molecule has 0 saturated carbocycles. The lowest BCUT2D eigenvalue weighted by Gasteiger charge is -2.22. The van der Waals surface area contributed by atoms with E-state index in [0.717, 1.165) is 16.0 Å². The first kappa shape index (κ1) is 20.1. The number of carbonyl (C=O) groups is 2. The molecule has 4 nitrogen and oxygen atoms in total. The van der Waals surface area contributed by atoms with Crippen LogP contribution in [0.3, 0.4) is 0 Å². The molecule has 0 aliphatic heterocycles. The van der Waals surface area contributed by atoms with Crippen molar-refractivity contribution in [3.8, 4) is 0 Å². The van der Waals surface area contributed by atoms with Gasteiger partial charge < -0.3 is 10.6 Å². The second-order valence-corrected chi connectivity index (χ2v) is 7.85. The fourth-order valence-corrected chi connectivity index (χ4v) is 3.95. The van der Waals surface area contributed by atoms with E-state index in [1.807, 2.05) is 60.0 Å². The van der Waals surface area contributed by atoms with Crippen molar-refractivity contribution in [2.45, 2.75) is 25.4 Å². The predicted octanol–water partition coefficient (Wildman–Crippen LogP) is 4.87. The highest BCUT2D eigenvalue weighted by atomic mass is 35.5. The highest BCUT2D eigenvalue weighted by Crippen LogP contribution is 2.27. The number of hydrogen-bond donors (Lipinski definition) is 2. The average Bonchev–Trinajstić information content (AvgIpc) is 3.21. The lowest BCUT2D eigenvalue weighted by molar-refractivity contribution is -0.123. The van der Waals surface area contributed by atoms with Crippen molar-refractivity contribution in [2.24, 2.45) is 0 Å². The van der Waals surface area contributed by atoms with Gasteiger partial charge in [0, 0.05) is 16.8 Å². The number of carbonyl (C=O) groups excluding carboxylic acids is 2. The number of amides is 2. The summed E-state index contributed by atoms with van der Waals surface area (Å²) in [5.74, 6) is -0.332. The third-order valence-electron chi connectivity index (χ3n) is 4.31. The molecule has 2 atom stereocenters. The molecule has 0 fully saturated rings. The van der Waals surface area contributed by atoms with Crippen LogP contribution in [0.25, 0.3) is 0 Å². The van der Waals surface area contributed by atoms with Gasteiger partial charge in [0.05, 0.1) is 18.5 Å². The summed E-state index contributed by atoms with van der Waals surface area (Å²) in [5.41, 5.74) is 1.85. The van der Waals surface area contributed by atoms with E-state index in [4.69, 9.17) is 11.6 Å². The topological polar surface area (TPSA) is 58.2 Å². The molecule has 6 heteroatoms. The van der Waals surface area contributed by atoms with Crippen LogP contribution in [0.5, 0.6) is 0 Å². The summed E-state index contributed by atoms with van der Waals surface area (Å²) in [6, 6.07) is 20.3. The molecule has 2 N–H and O–H groups in total. The summed E-state index contributed by atoms with van der Waals surface area (Å²) >= 11 is 7.55. The molecule has 1 aromatic heterocycles. The molecule has 0 bridgehead atoms. The van der Waals surface area contributed by atoms with Crippen LogP contribution in [0.2, 0.25) is 5.02 Å². The standard InChI is InChI=1S/C22H21ClN2O2S/c1-15(26)24-19(16-9-11-18(23)12-10-16)14-21(27)25-22(20-8-5-13-28-20)17-6-3-2-4-7-17/h2-13,19,22H,14H2,1H3,(H,24,26)(H,25,27)/t19-,22-/m1/s1. The molecule has 2 amide bonds. The molecule has 144 valence electrons. The Bertz CT molecular complexity index is 911. The van der Waals surface area contributed by atoms with E-state index in [0.29, 0.717) is 5.02 Å². The van der Waals surface area contributed by atoms with Gasteiger partial charge >= 0.3 is 0 Å². The van der Waals surface area contributed by atoms with Crippen molar-refractivity contribution in [3.05, 3.63) is 93.1 Å². The summed E-state index contributed by atoms with van der Waals surface area (Å²) in [6.45, 7) is 1.44. The van der Waals surface area contributed by atoms with E-state index < -0.39 is 6.04 Å². The molecule has 3 rings (SSSR count). The second-order valence-electron chi connectivity index (χ2n) is 6.44. The van der Waals surface area contributed by atoms with Gasteiger partial charge in [0.1, 0.15) is 0 Å². The minimum Gasteiger partial charge on any atom is -0.349 e. The molecule has 28 heavy (non-hydrogen) atoms. The monoisotopic (exact) mass is 412 g/mol. The Labute approximate surface area is 173 Å². The quantitative estimate of drug-likeness (QED) is 0.581. The zero-order chi connectivity index (χ0) is 19.9. The average molecular weight is 413 g/mol. The Kier molecular flexibility index (Phi) is 6.85. The molecular formula is C22H21ClN2O2S. The third-order valence-corrected chi connectivity index (χ3v) is 5.49. The molecule has 0 aliphatic rings. The van der Waals surface area contributed by atoms with E-state index >= 15 is 0 Å². The maximum Gasteiger partial charge on any atom is 0.223 e. The number of nitrogens with one attached hydrogen (secondary N) is 2. The summed E-state index contributed by atoms with van der Waals surface area (Å²) in [4.78, 5) is 25.6. The number of hydrogen-bond acceptors (Lipinski definition) is 3. The van der Waals surface area contributed by atoms with Gasteiger partial charge in [0.15, 0.2) is 0 Å². The fraction of sp³-hybridized carbons (Fsp3) is 0.182. The van der Waals surface area contributed by atoms with Gasteiger partial charge in [-0.25, -0.2) is 0 Å². The van der Waals surface area contributed by atoms with Crippen molar-refractivity contribution in [1.29, 1.82) is 0 Å². The Morgan fingerprint density at radius 2 is 1.64 bits per heavy atom. The first-order chi connectivity index (χ1) is 13.5. The van der Waals surface area contributed by atoms with E-state index in [9.17, 15) is 9.59 Å². The number of thiophene rings is 1. The molecule has 1 heterocycles. The van der Waals surface area contributed by atoms with Gasteiger partial charge in [-0.15, -0.1) is 11.3 Å². The summed E-state index contributed by atoms with van der Waals surface area (Å²) in [5, 5.41) is 8.57. The maximum atomic E-state index is 12.9. The molecule has 0 saturated heterocycles. The molecule has 0 aliphatic carbocycles. The van der Waals surface area contributed by atoms with Gasteiger partial charge in [-0.05, 0) is 34.7 Å². The highest BCUT2D eigenvalue weighted by molar-refractivity contribution is 7.10. The van der Waals surface area contributed by atoms with Gasteiger partial charge in [0.25, 0.3) is 0 Å². The third kappa shape index (κ3) is 5.44. The number of benzene rings is 2. The molecule has 2 aromatic carbocycles. The second kappa shape index (κ2) is 9.53. The Balaban J connectivity index is 1.78. The molecule has 0 unspecified atom stereocenters. The maximum absolute atomic E-state index is 12.9. The fourth-order valence-electron chi connectivity index (χ4n) is 3.02. The molecule has 3 aromatic rings. The van der Waals surface area contributed by atoms with E-state index in [1.165, 1.54) is 6.92 Å². The summed E-state index contributed by atoms with van der Waals surface area (Å²) in [7, 11) is 0. The van der Waals surface area contributed by atoms with Gasteiger partial charge in [-0.3, -0.25) is 9.59 Å². The largest absolute Gasteiger partial charge is 0.349 e. The van der Waals surface area contributed by atoms with Crippen molar-refractivity contribution in [2.75, 3.05) is 0 Å². The highest BCUT2D eigenvalue weighted by Gasteiger charge is 2.22. The Morgan fingerprint density at radius 1 is 0.929 bits per heavy atom. The van der Waals surface area contributed by atoms with E-state index in [1.54, 1.807) is 23.5 Å². The van der Waals surface area contributed by atoms with Crippen molar-refractivity contribution in [1.82, 2.24) is 10.6 Å². The number of halogens is 1. The van der Waals surface area contributed by atoms with Crippen LogP contribution in [0, 0.1) is 0 Å². The van der Waals surface area contributed by atoms with Gasteiger partial charge in [-0.1, -0.05) is 60.1 Å². The Hall–Kier alpha value is -2.63. The van der Waals surface area contributed by atoms with Crippen LogP contribution in [-0.2, 0) is 9.59 Å². The van der Waals surface area contributed by atoms with Crippen LogP contribution in [-0.4, -0.2) is 11.8 Å². The minimum absolute atomic E-state index is 0.135. The summed E-state index contributed by atoms with van der Waals surface area (Å²) < 4.78 is 0. The van der Waals surface area contributed by atoms with Crippen LogP contribution < -0.4 is 10.6 Å². The van der Waals surface area contributed by atoms with Crippen LogP contribution in [0.1, 0.15) is 41.4 Å². The molecule has 0 spiro atoms. The van der Waals surface area contributed by atoms with Crippen molar-refractivity contribution < 1.29 is 9.59 Å². The Morgan fingerprint density at radius 3 is 2.25 bits per heavy atom. The number of rotatable bonds is 7. The van der Waals surface area contributed by atoms with Gasteiger partial charge in [-0.2, -0.15) is 0 Å². The lowest BCUT2D eigenvalue weighted by Crippen LogP contribution is -2.34. The van der Waals surface area contributed by atoms with Crippen LogP contribution >= 0.6 is 22.9 Å². The van der Waals surface area contributed by atoms with Crippen molar-refractivity contribution >= 4 is 34.8 Å². The lowest BCUT2D eigenvalue weighted by atomic mass is 10.0. The van der Waals surface area contributed by atoms with Gasteiger partial charge in [0.2, 0.25) is 11.8 Å². The van der Waals surface area contributed by atoms with E-state index in [2.05, 4.69) is 10.6 Å².